The Balaban J connectivity index is 2.12. The van der Waals surface area contributed by atoms with Gasteiger partial charge in [0.15, 0.2) is 0 Å². The summed E-state index contributed by atoms with van der Waals surface area (Å²) in [6.07, 6.45) is 0. The lowest BCUT2D eigenvalue weighted by atomic mass is 10.2. The number of rotatable bonds is 3. The predicted molar refractivity (Wildman–Crippen MR) is 79.8 cm³/mol. The number of esters is 1. The molecule has 0 aliphatic rings. The van der Waals surface area contributed by atoms with Crippen molar-refractivity contribution in [3.63, 3.8) is 0 Å². The molecule has 0 heterocycles. The standard InChI is InChI=1S/C15H12BrNO3/c1-10(18)17-13-4-2-3-11(9-13)15(19)20-14-7-5-12(16)6-8-14/h2-9H,1H3,(H,17,18). The minimum atomic E-state index is -0.473. The quantitative estimate of drug-likeness (QED) is 0.689. The van der Waals surface area contributed by atoms with E-state index in [9.17, 15) is 9.59 Å². The number of carbonyl (C=O) groups excluding carboxylic acids is 2. The van der Waals surface area contributed by atoms with Gasteiger partial charge in [-0.2, -0.15) is 0 Å². The van der Waals surface area contributed by atoms with E-state index in [4.69, 9.17) is 4.74 Å². The van der Waals surface area contributed by atoms with Crippen molar-refractivity contribution in [2.45, 2.75) is 6.92 Å². The van der Waals surface area contributed by atoms with Gasteiger partial charge in [-0.3, -0.25) is 4.79 Å². The van der Waals surface area contributed by atoms with Gasteiger partial charge in [-0.05, 0) is 42.5 Å². The van der Waals surface area contributed by atoms with Crippen LogP contribution in [-0.2, 0) is 4.79 Å². The summed E-state index contributed by atoms with van der Waals surface area (Å²) in [6, 6.07) is 13.6. The molecule has 0 saturated heterocycles. The van der Waals surface area contributed by atoms with Gasteiger partial charge in [0.25, 0.3) is 0 Å². The predicted octanol–water partition coefficient (Wildman–Crippen LogP) is 3.63. The number of hydrogen-bond donors (Lipinski definition) is 1. The Morgan fingerprint density at radius 2 is 1.80 bits per heavy atom. The maximum absolute atomic E-state index is 12.0. The van der Waals surface area contributed by atoms with Crippen molar-refractivity contribution in [1.29, 1.82) is 0 Å². The molecule has 2 aromatic rings. The van der Waals surface area contributed by atoms with Crippen LogP contribution in [-0.4, -0.2) is 11.9 Å². The molecule has 0 saturated carbocycles. The molecule has 1 N–H and O–H groups in total. The Bertz CT molecular complexity index is 638. The van der Waals surface area contributed by atoms with Crippen LogP contribution in [0.4, 0.5) is 5.69 Å². The first kappa shape index (κ1) is 14.3. The van der Waals surface area contributed by atoms with Crippen molar-refractivity contribution in [3.8, 4) is 5.75 Å². The van der Waals surface area contributed by atoms with Crippen molar-refractivity contribution in [3.05, 3.63) is 58.6 Å². The number of carbonyl (C=O) groups is 2. The van der Waals surface area contributed by atoms with E-state index < -0.39 is 5.97 Å². The molecule has 0 bridgehead atoms. The number of nitrogens with one attached hydrogen (secondary N) is 1. The number of benzene rings is 2. The van der Waals surface area contributed by atoms with E-state index in [1.807, 2.05) is 0 Å². The average molecular weight is 334 g/mol. The van der Waals surface area contributed by atoms with Gasteiger partial charge in [-0.25, -0.2) is 4.79 Å². The van der Waals surface area contributed by atoms with Crippen LogP contribution in [0.2, 0.25) is 0 Å². The molecule has 1 amide bonds. The first-order chi connectivity index (χ1) is 9.54. The summed E-state index contributed by atoms with van der Waals surface area (Å²) in [6.45, 7) is 1.41. The van der Waals surface area contributed by atoms with Crippen LogP contribution >= 0.6 is 15.9 Å². The molecule has 0 aromatic heterocycles. The number of halogens is 1. The molecular formula is C15H12BrNO3. The molecule has 0 radical (unpaired) electrons. The Morgan fingerprint density at radius 3 is 2.45 bits per heavy atom. The zero-order chi connectivity index (χ0) is 14.5. The highest BCUT2D eigenvalue weighted by molar-refractivity contribution is 9.10. The minimum Gasteiger partial charge on any atom is -0.423 e. The molecule has 0 atom stereocenters. The molecule has 5 heteroatoms. The van der Waals surface area contributed by atoms with Gasteiger partial charge in [0.2, 0.25) is 5.91 Å². The summed E-state index contributed by atoms with van der Waals surface area (Å²) in [5.41, 5.74) is 0.932. The smallest absolute Gasteiger partial charge is 0.343 e. The van der Waals surface area contributed by atoms with Crippen molar-refractivity contribution in [2.24, 2.45) is 0 Å². The number of ether oxygens (including phenoxy) is 1. The average Bonchev–Trinajstić information content (AvgIpc) is 2.41. The van der Waals surface area contributed by atoms with E-state index in [-0.39, 0.29) is 5.91 Å². The molecule has 2 aromatic carbocycles. The summed E-state index contributed by atoms with van der Waals surface area (Å²) in [5.74, 6) is -0.203. The zero-order valence-electron chi connectivity index (χ0n) is 10.7. The fourth-order valence-electron chi connectivity index (χ4n) is 1.60. The maximum Gasteiger partial charge on any atom is 0.343 e. The fraction of sp³-hybridized carbons (Fsp3) is 0.0667. The monoisotopic (exact) mass is 333 g/mol. The molecule has 0 unspecified atom stereocenters. The largest absolute Gasteiger partial charge is 0.423 e. The first-order valence-corrected chi connectivity index (χ1v) is 6.69. The van der Waals surface area contributed by atoms with Crippen molar-refractivity contribution >= 4 is 33.5 Å². The highest BCUT2D eigenvalue weighted by Crippen LogP contribution is 2.18. The molecule has 102 valence electrons. The number of amides is 1. The van der Waals surface area contributed by atoms with Crippen LogP contribution in [0, 0.1) is 0 Å². The topological polar surface area (TPSA) is 55.4 Å². The summed E-state index contributed by atoms with van der Waals surface area (Å²) in [4.78, 5) is 23.0. The van der Waals surface area contributed by atoms with Gasteiger partial charge in [0.1, 0.15) is 5.75 Å². The van der Waals surface area contributed by atoms with Crippen LogP contribution in [0.15, 0.2) is 53.0 Å². The SMILES string of the molecule is CC(=O)Nc1cccc(C(=O)Oc2ccc(Br)cc2)c1. The molecule has 20 heavy (non-hydrogen) atoms. The summed E-state index contributed by atoms with van der Waals surface area (Å²) in [7, 11) is 0. The van der Waals surface area contributed by atoms with Crippen molar-refractivity contribution < 1.29 is 14.3 Å². The van der Waals surface area contributed by atoms with E-state index in [0.717, 1.165) is 4.47 Å². The second kappa shape index (κ2) is 6.34. The number of hydrogen-bond acceptors (Lipinski definition) is 3. The van der Waals surface area contributed by atoms with E-state index in [1.54, 1.807) is 48.5 Å². The summed E-state index contributed by atoms with van der Waals surface area (Å²) < 4.78 is 6.15. The van der Waals surface area contributed by atoms with Crippen molar-refractivity contribution in [1.82, 2.24) is 0 Å². The number of anilines is 1. The fourth-order valence-corrected chi connectivity index (χ4v) is 1.86. The van der Waals surface area contributed by atoms with E-state index in [0.29, 0.717) is 17.0 Å². The third kappa shape index (κ3) is 3.93. The molecule has 0 aliphatic heterocycles. The lowest BCUT2D eigenvalue weighted by Crippen LogP contribution is -2.10. The lowest BCUT2D eigenvalue weighted by Gasteiger charge is -2.06. The van der Waals surface area contributed by atoms with E-state index in [1.165, 1.54) is 6.92 Å². The van der Waals surface area contributed by atoms with E-state index >= 15 is 0 Å². The van der Waals surface area contributed by atoms with E-state index in [2.05, 4.69) is 21.2 Å². The third-order valence-electron chi connectivity index (χ3n) is 2.44. The van der Waals surface area contributed by atoms with Gasteiger partial charge in [-0.15, -0.1) is 0 Å². The highest BCUT2D eigenvalue weighted by atomic mass is 79.9. The van der Waals surface area contributed by atoms with Gasteiger partial charge < -0.3 is 10.1 Å². The zero-order valence-corrected chi connectivity index (χ0v) is 12.3. The van der Waals surface area contributed by atoms with Crippen LogP contribution in [0.25, 0.3) is 0 Å². The summed E-state index contributed by atoms with van der Waals surface area (Å²) >= 11 is 3.31. The van der Waals surface area contributed by atoms with Crippen LogP contribution < -0.4 is 10.1 Å². The van der Waals surface area contributed by atoms with Crippen LogP contribution in [0.1, 0.15) is 17.3 Å². The molecule has 4 nitrogen and oxygen atoms in total. The Hall–Kier alpha value is -2.14. The van der Waals surface area contributed by atoms with Gasteiger partial charge in [0.05, 0.1) is 5.56 Å². The second-order valence-electron chi connectivity index (χ2n) is 4.11. The first-order valence-electron chi connectivity index (χ1n) is 5.90. The molecule has 0 aliphatic carbocycles. The molecule has 0 fully saturated rings. The minimum absolute atomic E-state index is 0.191. The lowest BCUT2D eigenvalue weighted by molar-refractivity contribution is -0.114. The second-order valence-corrected chi connectivity index (χ2v) is 5.02. The maximum atomic E-state index is 12.0. The summed E-state index contributed by atoms with van der Waals surface area (Å²) in [5, 5.41) is 2.62. The van der Waals surface area contributed by atoms with Crippen molar-refractivity contribution in [2.75, 3.05) is 5.32 Å². The van der Waals surface area contributed by atoms with Gasteiger partial charge in [-0.1, -0.05) is 22.0 Å². The van der Waals surface area contributed by atoms with Gasteiger partial charge >= 0.3 is 5.97 Å². The highest BCUT2D eigenvalue weighted by Gasteiger charge is 2.09. The normalized spacial score (nSPS) is 9.90. The van der Waals surface area contributed by atoms with Gasteiger partial charge in [0, 0.05) is 17.1 Å². The third-order valence-corrected chi connectivity index (χ3v) is 2.97. The molecule has 0 spiro atoms. The Kier molecular flexibility index (Phi) is 4.53. The van der Waals surface area contributed by atoms with Crippen LogP contribution in [0.5, 0.6) is 5.75 Å². The molecular weight excluding hydrogens is 322 g/mol. The van der Waals surface area contributed by atoms with Crippen LogP contribution in [0.3, 0.4) is 0 Å². The Labute approximate surface area is 124 Å². The Morgan fingerprint density at radius 1 is 1.10 bits per heavy atom. The molecule has 2 rings (SSSR count).